The highest BCUT2D eigenvalue weighted by molar-refractivity contribution is 9.10. The third-order valence-electron chi connectivity index (χ3n) is 2.98. The van der Waals surface area contributed by atoms with Gasteiger partial charge in [-0.05, 0) is 41.1 Å². The molecule has 3 aromatic rings. The highest BCUT2D eigenvalue weighted by atomic mass is 79.9. The average molecular weight is 346 g/mol. The monoisotopic (exact) mass is 345 g/mol. The number of pyridine rings is 1. The number of nitrogens with one attached hydrogen (secondary N) is 2. The topological polar surface area (TPSA) is 75.6 Å². The maximum atomic E-state index is 12.2. The van der Waals surface area contributed by atoms with E-state index in [4.69, 9.17) is 0 Å². The lowest BCUT2D eigenvalue weighted by Crippen LogP contribution is -2.15. The Balaban J connectivity index is 1.93. The molecule has 21 heavy (non-hydrogen) atoms. The Bertz CT molecular complexity index is 792. The number of aromatic amines is 1. The van der Waals surface area contributed by atoms with Gasteiger partial charge >= 0.3 is 0 Å². The number of carbonyl (C=O) groups is 1. The molecule has 0 radical (unpaired) electrons. The SMILES string of the molecule is Cc1nccn1-c1ncccc1NC(=O)c1cc(Br)c[nH]1. The molecule has 0 saturated carbocycles. The van der Waals surface area contributed by atoms with E-state index in [1.54, 1.807) is 43.0 Å². The van der Waals surface area contributed by atoms with Gasteiger partial charge in [0.2, 0.25) is 0 Å². The highest BCUT2D eigenvalue weighted by Gasteiger charge is 2.13. The Morgan fingerprint density at radius 1 is 1.38 bits per heavy atom. The lowest BCUT2D eigenvalue weighted by molar-refractivity contribution is 0.102. The fourth-order valence-corrected chi connectivity index (χ4v) is 2.32. The molecule has 2 N–H and O–H groups in total. The molecule has 1 amide bonds. The molecule has 0 aliphatic rings. The molecule has 0 unspecified atom stereocenters. The van der Waals surface area contributed by atoms with E-state index in [-0.39, 0.29) is 5.91 Å². The summed E-state index contributed by atoms with van der Waals surface area (Å²) in [7, 11) is 0. The largest absolute Gasteiger partial charge is 0.356 e. The number of hydrogen-bond acceptors (Lipinski definition) is 3. The molecule has 0 fully saturated rings. The van der Waals surface area contributed by atoms with E-state index in [1.807, 2.05) is 11.5 Å². The van der Waals surface area contributed by atoms with Crippen LogP contribution in [-0.4, -0.2) is 25.4 Å². The minimum absolute atomic E-state index is 0.229. The number of carbonyl (C=O) groups excluding carboxylic acids is 1. The maximum Gasteiger partial charge on any atom is 0.272 e. The molecular weight excluding hydrogens is 334 g/mol. The Labute approximate surface area is 129 Å². The van der Waals surface area contributed by atoms with Gasteiger partial charge in [-0.3, -0.25) is 9.36 Å². The number of amides is 1. The van der Waals surface area contributed by atoms with Crippen molar-refractivity contribution < 1.29 is 4.79 Å². The third kappa shape index (κ3) is 2.73. The predicted molar refractivity (Wildman–Crippen MR) is 82.5 cm³/mol. The summed E-state index contributed by atoms with van der Waals surface area (Å²) in [5, 5.41) is 2.85. The number of rotatable bonds is 3. The van der Waals surface area contributed by atoms with E-state index in [2.05, 4.69) is 36.2 Å². The van der Waals surface area contributed by atoms with Gasteiger partial charge in [0.25, 0.3) is 5.91 Å². The Morgan fingerprint density at radius 2 is 2.24 bits per heavy atom. The number of hydrogen-bond donors (Lipinski definition) is 2. The Morgan fingerprint density at radius 3 is 2.90 bits per heavy atom. The fourth-order valence-electron chi connectivity index (χ4n) is 1.98. The molecule has 0 aliphatic carbocycles. The minimum Gasteiger partial charge on any atom is -0.356 e. The average Bonchev–Trinajstić information content (AvgIpc) is 3.08. The van der Waals surface area contributed by atoms with Crippen molar-refractivity contribution in [2.45, 2.75) is 6.92 Å². The highest BCUT2D eigenvalue weighted by Crippen LogP contribution is 2.20. The van der Waals surface area contributed by atoms with Crippen molar-refractivity contribution in [2.75, 3.05) is 5.32 Å². The van der Waals surface area contributed by atoms with Crippen LogP contribution in [0.5, 0.6) is 0 Å². The van der Waals surface area contributed by atoms with Gasteiger partial charge in [0.05, 0.1) is 5.69 Å². The summed E-state index contributed by atoms with van der Waals surface area (Å²) in [6, 6.07) is 5.29. The number of nitrogens with zero attached hydrogens (tertiary/aromatic N) is 3. The molecule has 0 spiro atoms. The van der Waals surface area contributed by atoms with Crippen molar-refractivity contribution in [1.29, 1.82) is 0 Å². The van der Waals surface area contributed by atoms with Gasteiger partial charge in [0, 0.05) is 29.3 Å². The van der Waals surface area contributed by atoms with Crippen LogP contribution in [0.1, 0.15) is 16.3 Å². The van der Waals surface area contributed by atoms with E-state index in [0.717, 1.165) is 10.3 Å². The van der Waals surface area contributed by atoms with Gasteiger partial charge in [0.15, 0.2) is 5.82 Å². The van der Waals surface area contributed by atoms with E-state index in [0.29, 0.717) is 17.2 Å². The van der Waals surface area contributed by atoms with E-state index in [1.165, 1.54) is 0 Å². The third-order valence-corrected chi connectivity index (χ3v) is 3.44. The molecule has 0 saturated heterocycles. The molecule has 0 aromatic carbocycles. The number of aryl methyl sites for hydroxylation is 1. The van der Waals surface area contributed by atoms with E-state index >= 15 is 0 Å². The van der Waals surface area contributed by atoms with Gasteiger partial charge in [0.1, 0.15) is 11.5 Å². The van der Waals surface area contributed by atoms with Crippen molar-refractivity contribution in [1.82, 2.24) is 19.5 Å². The van der Waals surface area contributed by atoms with Gasteiger partial charge in [-0.1, -0.05) is 0 Å². The first kappa shape index (κ1) is 13.6. The summed E-state index contributed by atoms with van der Waals surface area (Å²) in [4.78, 5) is 23.6. The van der Waals surface area contributed by atoms with Gasteiger partial charge in [-0.15, -0.1) is 0 Å². The van der Waals surface area contributed by atoms with Crippen LogP contribution in [0.2, 0.25) is 0 Å². The van der Waals surface area contributed by atoms with Crippen LogP contribution in [0.3, 0.4) is 0 Å². The van der Waals surface area contributed by atoms with Gasteiger partial charge in [-0.25, -0.2) is 9.97 Å². The molecule has 3 aromatic heterocycles. The molecule has 7 heteroatoms. The molecule has 6 nitrogen and oxygen atoms in total. The molecule has 106 valence electrons. The Hall–Kier alpha value is -2.41. The van der Waals surface area contributed by atoms with E-state index in [9.17, 15) is 4.79 Å². The van der Waals surface area contributed by atoms with Gasteiger partial charge < -0.3 is 10.3 Å². The quantitative estimate of drug-likeness (QED) is 0.766. The standard InChI is InChI=1S/C14H12BrN5O/c1-9-16-5-6-20(9)13-11(3-2-4-17-13)19-14(21)12-7-10(15)8-18-12/h2-8,18H,1H3,(H,19,21). The minimum atomic E-state index is -0.229. The van der Waals surface area contributed by atoms with Crippen LogP contribution in [0, 0.1) is 6.92 Å². The number of aromatic nitrogens is 4. The van der Waals surface area contributed by atoms with E-state index < -0.39 is 0 Å². The van der Waals surface area contributed by atoms with Crippen molar-refractivity contribution in [2.24, 2.45) is 0 Å². The zero-order chi connectivity index (χ0) is 14.8. The summed E-state index contributed by atoms with van der Waals surface area (Å²) in [5.74, 6) is 1.20. The van der Waals surface area contributed by atoms with Crippen LogP contribution >= 0.6 is 15.9 Å². The first-order valence-electron chi connectivity index (χ1n) is 6.26. The summed E-state index contributed by atoms with van der Waals surface area (Å²) in [6.07, 6.45) is 6.88. The number of imidazole rings is 1. The molecule has 3 heterocycles. The molecular formula is C14H12BrN5O. The van der Waals surface area contributed by atoms with Crippen LogP contribution in [0.4, 0.5) is 5.69 Å². The molecule has 0 atom stereocenters. The van der Waals surface area contributed by atoms with Crippen molar-refractivity contribution in [3.05, 3.63) is 59.0 Å². The van der Waals surface area contributed by atoms with Crippen LogP contribution in [0.25, 0.3) is 5.82 Å². The normalized spacial score (nSPS) is 10.6. The van der Waals surface area contributed by atoms with Crippen LogP contribution in [0.15, 0.2) is 47.5 Å². The number of anilines is 1. The number of halogens is 1. The van der Waals surface area contributed by atoms with Crippen LogP contribution < -0.4 is 5.32 Å². The first-order valence-corrected chi connectivity index (χ1v) is 7.05. The van der Waals surface area contributed by atoms with Gasteiger partial charge in [-0.2, -0.15) is 0 Å². The molecule has 0 aliphatic heterocycles. The second-order valence-corrected chi connectivity index (χ2v) is 5.32. The number of H-pyrrole nitrogens is 1. The molecule has 3 rings (SSSR count). The lowest BCUT2D eigenvalue weighted by atomic mass is 10.3. The second-order valence-electron chi connectivity index (χ2n) is 4.40. The summed E-state index contributed by atoms with van der Waals surface area (Å²) in [6.45, 7) is 1.88. The lowest BCUT2D eigenvalue weighted by Gasteiger charge is -2.11. The fraction of sp³-hybridized carbons (Fsp3) is 0.0714. The van der Waals surface area contributed by atoms with Crippen molar-refractivity contribution >= 4 is 27.5 Å². The van der Waals surface area contributed by atoms with Crippen LogP contribution in [-0.2, 0) is 0 Å². The summed E-state index contributed by atoms with van der Waals surface area (Å²) >= 11 is 3.31. The zero-order valence-electron chi connectivity index (χ0n) is 11.2. The second kappa shape index (κ2) is 5.53. The van der Waals surface area contributed by atoms with Crippen molar-refractivity contribution in [3.63, 3.8) is 0 Å². The smallest absolute Gasteiger partial charge is 0.272 e. The maximum absolute atomic E-state index is 12.2. The first-order chi connectivity index (χ1) is 10.1. The summed E-state index contributed by atoms with van der Waals surface area (Å²) in [5.41, 5.74) is 1.09. The zero-order valence-corrected chi connectivity index (χ0v) is 12.8. The molecule has 0 bridgehead atoms. The predicted octanol–water partition coefficient (Wildman–Crippen LogP) is 2.92. The van der Waals surface area contributed by atoms with Crippen molar-refractivity contribution in [3.8, 4) is 5.82 Å². The Kier molecular flexibility index (Phi) is 3.57. The summed E-state index contributed by atoms with van der Waals surface area (Å²) < 4.78 is 2.64.